The van der Waals surface area contributed by atoms with Crippen LogP contribution in [0.2, 0.25) is 0 Å². The zero-order chi connectivity index (χ0) is 14.8. The molecule has 0 unspecified atom stereocenters. The van der Waals surface area contributed by atoms with Crippen molar-refractivity contribution in [2.75, 3.05) is 0 Å². The number of ether oxygens (including phenoxy) is 1. The molecule has 1 aromatic heterocycles. The van der Waals surface area contributed by atoms with Crippen LogP contribution in [0.4, 0.5) is 0 Å². The predicted octanol–water partition coefficient (Wildman–Crippen LogP) is 3.43. The van der Waals surface area contributed by atoms with Gasteiger partial charge < -0.3 is 9.84 Å². The lowest BCUT2D eigenvalue weighted by atomic mass is 10.1. The molecule has 21 heavy (non-hydrogen) atoms. The molecule has 3 rings (SSSR count). The smallest absolute Gasteiger partial charge is 0.335 e. The molecule has 0 bridgehead atoms. The molecular formula is C16H12N2O3. The van der Waals surface area contributed by atoms with E-state index in [4.69, 9.17) is 9.84 Å². The summed E-state index contributed by atoms with van der Waals surface area (Å²) in [6.07, 6.45) is 1.67. The highest BCUT2D eigenvalue weighted by Gasteiger charge is 2.10. The van der Waals surface area contributed by atoms with E-state index >= 15 is 0 Å². The van der Waals surface area contributed by atoms with Crippen molar-refractivity contribution in [1.29, 1.82) is 0 Å². The number of aromatic carboxylic acids is 1. The van der Waals surface area contributed by atoms with Crippen molar-refractivity contribution in [1.82, 2.24) is 10.2 Å². The largest absolute Gasteiger partial charge is 0.478 e. The summed E-state index contributed by atoms with van der Waals surface area (Å²) in [5.41, 5.74) is 0.888. The van der Waals surface area contributed by atoms with Crippen molar-refractivity contribution in [2.24, 2.45) is 0 Å². The van der Waals surface area contributed by atoms with E-state index in [2.05, 4.69) is 10.2 Å². The van der Waals surface area contributed by atoms with Crippen LogP contribution < -0.4 is 4.74 Å². The van der Waals surface area contributed by atoms with Gasteiger partial charge in [0.15, 0.2) is 0 Å². The molecule has 0 saturated carbocycles. The SMILES string of the molecule is Cc1cc(Oc2nncc3ccccc23)ccc1C(=O)O. The molecule has 0 saturated heterocycles. The molecule has 3 aromatic rings. The Balaban J connectivity index is 1.99. The minimum absolute atomic E-state index is 0.256. The van der Waals surface area contributed by atoms with Gasteiger partial charge in [-0.3, -0.25) is 0 Å². The topological polar surface area (TPSA) is 72.3 Å². The molecule has 0 atom stereocenters. The molecule has 5 heteroatoms. The van der Waals surface area contributed by atoms with Crippen LogP contribution in [-0.2, 0) is 0 Å². The summed E-state index contributed by atoms with van der Waals surface area (Å²) in [5, 5.41) is 18.7. The number of rotatable bonds is 3. The standard InChI is InChI=1S/C16H12N2O3/c1-10-8-12(6-7-13(10)16(19)20)21-15-14-5-3-2-4-11(14)9-17-18-15/h2-9H,1H3,(H,19,20). The van der Waals surface area contributed by atoms with Gasteiger partial charge in [-0.25, -0.2) is 4.79 Å². The maximum Gasteiger partial charge on any atom is 0.335 e. The Hall–Kier alpha value is -2.95. The predicted molar refractivity (Wildman–Crippen MR) is 77.8 cm³/mol. The van der Waals surface area contributed by atoms with Crippen LogP contribution in [0.5, 0.6) is 11.6 Å². The van der Waals surface area contributed by atoms with Crippen LogP contribution in [0.3, 0.4) is 0 Å². The molecule has 0 amide bonds. The Bertz CT molecular complexity index is 825. The highest BCUT2D eigenvalue weighted by atomic mass is 16.5. The van der Waals surface area contributed by atoms with Gasteiger partial charge in [-0.15, -0.1) is 5.10 Å². The van der Waals surface area contributed by atoms with Gasteiger partial charge in [-0.1, -0.05) is 18.2 Å². The molecule has 0 spiro atoms. The van der Waals surface area contributed by atoms with E-state index in [9.17, 15) is 4.79 Å². The van der Waals surface area contributed by atoms with Crippen LogP contribution >= 0.6 is 0 Å². The lowest BCUT2D eigenvalue weighted by Gasteiger charge is -2.08. The number of aryl methyl sites for hydroxylation is 1. The second-order valence-electron chi connectivity index (χ2n) is 4.62. The average Bonchev–Trinajstić information content (AvgIpc) is 2.47. The minimum atomic E-state index is -0.955. The summed E-state index contributed by atoms with van der Waals surface area (Å²) in [6.45, 7) is 1.73. The van der Waals surface area contributed by atoms with Crippen molar-refractivity contribution < 1.29 is 14.6 Å². The Morgan fingerprint density at radius 2 is 2.00 bits per heavy atom. The lowest BCUT2D eigenvalue weighted by molar-refractivity contribution is 0.0696. The summed E-state index contributed by atoms with van der Waals surface area (Å²) in [4.78, 5) is 11.0. The van der Waals surface area contributed by atoms with E-state index in [-0.39, 0.29) is 5.56 Å². The van der Waals surface area contributed by atoms with Crippen LogP contribution in [0, 0.1) is 6.92 Å². The van der Waals surface area contributed by atoms with Gasteiger partial charge in [0, 0.05) is 10.8 Å². The van der Waals surface area contributed by atoms with Gasteiger partial charge in [-0.05, 0) is 36.8 Å². The molecule has 0 aliphatic heterocycles. The van der Waals surface area contributed by atoms with Gasteiger partial charge in [0.05, 0.1) is 11.8 Å². The van der Waals surface area contributed by atoms with Crippen molar-refractivity contribution in [2.45, 2.75) is 6.92 Å². The van der Waals surface area contributed by atoms with E-state index < -0.39 is 5.97 Å². The van der Waals surface area contributed by atoms with Crippen LogP contribution in [-0.4, -0.2) is 21.3 Å². The van der Waals surface area contributed by atoms with Gasteiger partial charge >= 0.3 is 5.97 Å². The summed E-state index contributed by atoms with van der Waals surface area (Å²) >= 11 is 0. The second kappa shape index (κ2) is 5.20. The van der Waals surface area contributed by atoms with Gasteiger partial charge in [0.1, 0.15) is 5.75 Å². The van der Waals surface area contributed by atoms with E-state index in [0.717, 1.165) is 10.8 Å². The third kappa shape index (κ3) is 2.53. The zero-order valence-electron chi connectivity index (χ0n) is 11.3. The van der Waals surface area contributed by atoms with Gasteiger partial charge in [-0.2, -0.15) is 5.10 Å². The highest BCUT2D eigenvalue weighted by Crippen LogP contribution is 2.27. The normalized spacial score (nSPS) is 10.5. The summed E-state index contributed by atoms with van der Waals surface area (Å²) in [6, 6.07) is 12.4. The number of carboxylic acids is 1. The number of carbonyl (C=O) groups is 1. The fourth-order valence-corrected chi connectivity index (χ4v) is 2.13. The molecule has 1 N–H and O–H groups in total. The Kier molecular flexibility index (Phi) is 3.23. The molecule has 0 fully saturated rings. The molecule has 0 aliphatic rings. The van der Waals surface area contributed by atoms with E-state index in [1.165, 1.54) is 6.07 Å². The van der Waals surface area contributed by atoms with Crippen molar-refractivity contribution in [3.05, 3.63) is 59.8 Å². The summed E-state index contributed by atoms with van der Waals surface area (Å²) < 4.78 is 5.74. The molecule has 5 nitrogen and oxygen atoms in total. The van der Waals surface area contributed by atoms with E-state index in [1.807, 2.05) is 24.3 Å². The van der Waals surface area contributed by atoms with Crippen molar-refractivity contribution >= 4 is 16.7 Å². The number of carboxylic acid groups (broad SMARTS) is 1. The first-order chi connectivity index (χ1) is 10.1. The third-order valence-electron chi connectivity index (χ3n) is 3.18. The first-order valence-corrected chi connectivity index (χ1v) is 6.37. The number of nitrogens with zero attached hydrogens (tertiary/aromatic N) is 2. The second-order valence-corrected chi connectivity index (χ2v) is 4.62. The fraction of sp³-hybridized carbons (Fsp3) is 0.0625. The van der Waals surface area contributed by atoms with Gasteiger partial charge in [0.25, 0.3) is 0 Å². The third-order valence-corrected chi connectivity index (χ3v) is 3.18. The zero-order valence-corrected chi connectivity index (χ0v) is 11.3. The fourth-order valence-electron chi connectivity index (χ4n) is 2.13. The molecular weight excluding hydrogens is 268 g/mol. The molecule has 0 aliphatic carbocycles. The lowest BCUT2D eigenvalue weighted by Crippen LogP contribution is -2.00. The highest BCUT2D eigenvalue weighted by molar-refractivity contribution is 5.89. The van der Waals surface area contributed by atoms with E-state index in [0.29, 0.717) is 17.2 Å². The minimum Gasteiger partial charge on any atom is -0.478 e. The van der Waals surface area contributed by atoms with Crippen molar-refractivity contribution in [3.63, 3.8) is 0 Å². The van der Waals surface area contributed by atoms with E-state index in [1.54, 1.807) is 25.3 Å². The van der Waals surface area contributed by atoms with Gasteiger partial charge in [0.2, 0.25) is 5.88 Å². The maximum absolute atomic E-state index is 11.0. The Labute approximate surface area is 120 Å². The number of hydrogen-bond donors (Lipinski definition) is 1. The molecule has 2 aromatic carbocycles. The summed E-state index contributed by atoms with van der Waals surface area (Å²) in [7, 11) is 0. The molecule has 104 valence electrons. The average molecular weight is 280 g/mol. The van der Waals surface area contributed by atoms with Crippen LogP contribution in [0.15, 0.2) is 48.7 Å². The summed E-state index contributed by atoms with van der Waals surface area (Å²) in [5.74, 6) is -0.0252. The maximum atomic E-state index is 11.0. The Morgan fingerprint density at radius 3 is 2.76 bits per heavy atom. The number of benzene rings is 2. The number of aromatic nitrogens is 2. The molecule has 0 radical (unpaired) electrons. The Morgan fingerprint density at radius 1 is 1.19 bits per heavy atom. The first-order valence-electron chi connectivity index (χ1n) is 6.37. The number of hydrogen-bond acceptors (Lipinski definition) is 4. The van der Waals surface area contributed by atoms with Crippen LogP contribution in [0.25, 0.3) is 10.8 Å². The first kappa shape index (κ1) is 13.1. The molecule has 1 heterocycles. The van der Waals surface area contributed by atoms with Crippen LogP contribution in [0.1, 0.15) is 15.9 Å². The number of fused-ring (bicyclic) bond motifs is 1. The quantitative estimate of drug-likeness (QED) is 0.795. The van der Waals surface area contributed by atoms with Crippen molar-refractivity contribution in [3.8, 4) is 11.6 Å². The monoisotopic (exact) mass is 280 g/mol.